The molecular formula is C20H30IN5O2. The quantitative estimate of drug-likeness (QED) is 0.310. The summed E-state index contributed by atoms with van der Waals surface area (Å²) < 4.78 is 5.65. The number of aliphatic imine (C=N–C) groups is 1. The van der Waals surface area contributed by atoms with E-state index in [2.05, 4.69) is 38.8 Å². The van der Waals surface area contributed by atoms with Gasteiger partial charge in [-0.25, -0.2) is 4.99 Å². The van der Waals surface area contributed by atoms with Gasteiger partial charge in [0.1, 0.15) is 6.54 Å². The van der Waals surface area contributed by atoms with Crippen LogP contribution in [0.2, 0.25) is 0 Å². The summed E-state index contributed by atoms with van der Waals surface area (Å²) in [6, 6.07) is 10.4. The Morgan fingerprint density at radius 3 is 2.86 bits per heavy atom. The molecule has 3 N–H and O–H groups in total. The number of guanidine groups is 1. The molecule has 0 bridgehead atoms. The van der Waals surface area contributed by atoms with Crippen LogP contribution in [0.25, 0.3) is 10.9 Å². The predicted octanol–water partition coefficient (Wildman–Crippen LogP) is 2.13. The monoisotopic (exact) mass is 499 g/mol. The summed E-state index contributed by atoms with van der Waals surface area (Å²) in [5.41, 5.74) is 2.32. The van der Waals surface area contributed by atoms with Gasteiger partial charge in [0, 0.05) is 51.4 Å². The SMILES string of the molecule is CN(C)C(=O)CN=C(NCCc1cc2ccccc2[nH]1)NCC1CCCO1.I. The molecule has 1 aliphatic rings. The molecule has 154 valence electrons. The number of para-hydroxylation sites is 1. The van der Waals surface area contributed by atoms with Crippen LogP contribution in [0.4, 0.5) is 0 Å². The Morgan fingerprint density at radius 2 is 2.14 bits per heavy atom. The third-order valence-electron chi connectivity index (χ3n) is 4.66. The van der Waals surface area contributed by atoms with Gasteiger partial charge in [0.15, 0.2) is 5.96 Å². The number of aromatic amines is 1. The highest BCUT2D eigenvalue weighted by atomic mass is 127. The van der Waals surface area contributed by atoms with Gasteiger partial charge in [0.25, 0.3) is 0 Å². The summed E-state index contributed by atoms with van der Waals surface area (Å²) in [6.07, 6.45) is 3.23. The first kappa shape index (κ1) is 22.5. The Morgan fingerprint density at radius 1 is 1.32 bits per heavy atom. The van der Waals surface area contributed by atoms with Crippen molar-refractivity contribution >= 4 is 46.7 Å². The summed E-state index contributed by atoms with van der Waals surface area (Å²) >= 11 is 0. The second kappa shape index (κ2) is 11.3. The van der Waals surface area contributed by atoms with Crippen molar-refractivity contribution in [1.29, 1.82) is 0 Å². The van der Waals surface area contributed by atoms with E-state index >= 15 is 0 Å². The smallest absolute Gasteiger partial charge is 0.243 e. The molecule has 0 spiro atoms. The van der Waals surface area contributed by atoms with Crippen molar-refractivity contribution in [3.8, 4) is 0 Å². The van der Waals surface area contributed by atoms with Crippen molar-refractivity contribution in [2.24, 2.45) is 4.99 Å². The number of amides is 1. The summed E-state index contributed by atoms with van der Waals surface area (Å²) in [4.78, 5) is 21.2. The molecule has 1 fully saturated rings. The zero-order chi connectivity index (χ0) is 19.1. The van der Waals surface area contributed by atoms with E-state index in [1.165, 1.54) is 11.1 Å². The number of aromatic nitrogens is 1. The molecule has 1 aromatic heterocycles. The largest absolute Gasteiger partial charge is 0.376 e. The number of rotatable bonds is 7. The standard InChI is InChI=1S/C20H29N5O2.HI/c1-25(2)19(26)14-23-20(22-13-17-7-5-11-27-17)21-10-9-16-12-15-6-3-4-8-18(15)24-16;/h3-4,6,8,12,17,24H,5,7,9-11,13-14H2,1-2H3,(H2,21,22,23);1H. The van der Waals surface area contributed by atoms with Crippen LogP contribution in [-0.4, -0.2) is 68.2 Å². The molecule has 8 heteroatoms. The Hall–Kier alpha value is -1.81. The number of likely N-dealkylation sites (N-methyl/N-ethyl adjacent to an activating group) is 1. The lowest BCUT2D eigenvalue weighted by Crippen LogP contribution is -2.42. The summed E-state index contributed by atoms with van der Waals surface area (Å²) in [5.74, 6) is 0.626. The summed E-state index contributed by atoms with van der Waals surface area (Å²) in [7, 11) is 3.47. The molecule has 1 saturated heterocycles. The Labute approximate surface area is 183 Å². The van der Waals surface area contributed by atoms with Gasteiger partial charge in [-0.05, 0) is 30.4 Å². The van der Waals surface area contributed by atoms with Crippen LogP contribution in [-0.2, 0) is 16.0 Å². The van der Waals surface area contributed by atoms with Crippen LogP contribution in [0, 0.1) is 0 Å². The van der Waals surface area contributed by atoms with Gasteiger partial charge < -0.3 is 25.3 Å². The molecule has 28 heavy (non-hydrogen) atoms. The van der Waals surface area contributed by atoms with E-state index < -0.39 is 0 Å². The highest BCUT2D eigenvalue weighted by Gasteiger charge is 2.15. The van der Waals surface area contributed by atoms with Crippen molar-refractivity contribution in [1.82, 2.24) is 20.5 Å². The molecule has 0 saturated carbocycles. The molecule has 1 aliphatic heterocycles. The predicted molar refractivity (Wildman–Crippen MR) is 123 cm³/mol. The highest BCUT2D eigenvalue weighted by Crippen LogP contribution is 2.14. The number of nitrogens with one attached hydrogen (secondary N) is 3. The van der Waals surface area contributed by atoms with E-state index in [1.54, 1.807) is 19.0 Å². The molecule has 1 atom stereocenters. The van der Waals surface area contributed by atoms with Crippen LogP contribution in [0.5, 0.6) is 0 Å². The minimum Gasteiger partial charge on any atom is -0.376 e. The number of fused-ring (bicyclic) bond motifs is 1. The average Bonchev–Trinajstić information content (AvgIpc) is 3.32. The number of carbonyl (C=O) groups is 1. The van der Waals surface area contributed by atoms with Gasteiger partial charge in [-0.2, -0.15) is 0 Å². The second-order valence-electron chi connectivity index (χ2n) is 7.03. The number of nitrogens with zero attached hydrogens (tertiary/aromatic N) is 2. The number of carbonyl (C=O) groups excluding carboxylic acids is 1. The number of H-pyrrole nitrogens is 1. The van der Waals surface area contributed by atoms with Gasteiger partial charge in [0.2, 0.25) is 5.91 Å². The molecule has 1 aromatic carbocycles. The van der Waals surface area contributed by atoms with E-state index in [-0.39, 0.29) is 42.5 Å². The third kappa shape index (κ3) is 6.66. The van der Waals surface area contributed by atoms with Crippen molar-refractivity contribution in [3.63, 3.8) is 0 Å². The number of benzene rings is 1. The van der Waals surface area contributed by atoms with Crippen LogP contribution in [0.3, 0.4) is 0 Å². The van der Waals surface area contributed by atoms with E-state index in [9.17, 15) is 4.79 Å². The van der Waals surface area contributed by atoms with Gasteiger partial charge in [-0.1, -0.05) is 18.2 Å². The molecule has 2 heterocycles. The van der Waals surface area contributed by atoms with Gasteiger partial charge in [0.05, 0.1) is 6.10 Å². The number of hydrogen-bond donors (Lipinski definition) is 3. The average molecular weight is 499 g/mol. The lowest BCUT2D eigenvalue weighted by molar-refractivity contribution is -0.127. The number of halogens is 1. The van der Waals surface area contributed by atoms with Crippen LogP contribution in [0.15, 0.2) is 35.3 Å². The number of ether oxygens (including phenoxy) is 1. The van der Waals surface area contributed by atoms with E-state index in [4.69, 9.17) is 4.74 Å². The fraction of sp³-hybridized carbons (Fsp3) is 0.500. The number of hydrogen-bond acceptors (Lipinski definition) is 3. The maximum Gasteiger partial charge on any atom is 0.243 e. The second-order valence-corrected chi connectivity index (χ2v) is 7.03. The zero-order valence-corrected chi connectivity index (χ0v) is 18.9. The van der Waals surface area contributed by atoms with Crippen molar-refractivity contribution in [2.75, 3.05) is 40.3 Å². The first-order valence-corrected chi connectivity index (χ1v) is 9.52. The Bertz CT molecular complexity index is 751. The van der Waals surface area contributed by atoms with Crippen LogP contribution in [0.1, 0.15) is 18.5 Å². The maximum absolute atomic E-state index is 11.8. The van der Waals surface area contributed by atoms with E-state index in [1.807, 2.05) is 12.1 Å². The summed E-state index contributed by atoms with van der Waals surface area (Å²) in [5, 5.41) is 7.84. The topological polar surface area (TPSA) is 81.8 Å². The minimum absolute atomic E-state index is 0. The normalized spacial score (nSPS) is 16.6. The van der Waals surface area contributed by atoms with Crippen LogP contribution < -0.4 is 10.6 Å². The third-order valence-corrected chi connectivity index (χ3v) is 4.66. The molecule has 1 unspecified atom stereocenters. The van der Waals surface area contributed by atoms with E-state index in [0.29, 0.717) is 12.5 Å². The van der Waals surface area contributed by atoms with Crippen LogP contribution >= 0.6 is 24.0 Å². The van der Waals surface area contributed by atoms with Crippen molar-refractivity contribution < 1.29 is 9.53 Å². The molecule has 7 nitrogen and oxygen atoms in total. The molecule has 3 rings (SSSR count). The van der Waals surface area contributed by atoms with Gasteiger partial charge >= 0.3 is 0 Å². The minimum atomic E-state index is -0.0242. The van der Waals surface area contributed by atoms with Gasteiger partial charge in [-0.3, -0.25) is 4.79 Å². The van der Waals surface area contributed by atoms with E-state index in [0.717, 1.165) is 37.9 Å². The lowest BCUT2D eigenvalue weighted by atomic mass is 10.2. The summed E-state index contributed by atoms with van der Waals surface area (Å²) in [6.45, 7) is 2.38. The fourth-order valence-corrected chi connectivity index (χ4v) is 3.06. The van der Waals surface area contributed by atoms with Crippen molar-refractivity contribution in [3.05, 3.63) is 36.0 Å². The molecule has 0 aliphatic carbocycles. The maximum atomic E-state index is 11.8. The first-order chi connectivity index (χ1) is 13.1. The van der Waals surface area contributed by atoms with Crippen molar-refractivity contribution in [2.45, 2.75) is 25.4 Å². The first-order valence-electron chi connectivity index (χ1n) is 9.52. The molecular weight excluding hydrogens is 469 g/mol. The Balaban J connectivity index is 0.00000280. The molecule has 1 amide bonds. The van der Waals surface area contributed by atoms with Gasteiger partial charge in [-0.15, -0.1) is 24.0 Å². The lowest BCUT2D eigenvalue weighted by Gasteiger charge is -2.16. The highest BCUT2D eigenvalue weighted by molar-refractivity contribution is 14.0. The zero-order valence-electron chi connectivity index (χ0n) is 16.5. The fourth-order valence-electron chi connectivity index (χ4n) is 3.06. The molecule has 2 aromatic rings. The molecule has 0 radical (unpaired) electrons. The Kier molecular flexibility index (Phi) is 9.04.